The summed E-state index contributed by atoms with van der Waals surface area (Å²) in [6.45, 7) is 7.29. The van der Waals surface area contributed by atoms with Crippen LogP contribution in [0.15, 0.2) is 6.07 Å². The zero-order valence-corrected chi connectivity index (χ0v) is 11.5. The van der Waals surface area contributed by atoms with E-state index in [-0.39, 0.29) is 5.91 Å². The van der Waals surface area contributed by atoms with E-state index in [2.05, 4.69) is 20.2 Å². The second-order valence-corrected chi connectivity index (χ2v) is 4.51. The summed E-state index contributed by atoms with van der Waals surface area (Å²) in [4.78, 5) is 22.3. The van der Waals surface area contributed by atoms with Gasteiger partial charge in [-0.3, -0.25) is 4.79 Å². The number of rotatable bonds is 4. The lowest BCUT2D eigenvalue weighted by atomic mass is 10.3. The van der Waals surface area contributed by atoms with Crippen LogP contribution >= 0.6 is 0 Å². The van der Waals surface area contributed by atoms with Crippen LogP contribution in [0.4, 0.5) is 5.82 Å². The second kappa shape index (κ2) is 6.47. The summed E-state index contributed by atoms with van der Waals surface area (Å²) in [6.07, 6.45) is 0.474. The Bertz CT molecular complexity index is 444. The lowest BCUT2D eigenvalue weighted by Gasteiger charge is -2.28. The zero-order valence-electron chi connectivity index (χ0n) is 11.5. The number of nitrogens with zero attached hydrogens (tertiary/aromatic N) is 3. The van der Waals surface area contributed by atoms with E-state index in [1.165, 1.54) is 0 Å². The second-order valence-electron chi connectivity index (χ2n) is 4.51. The lowest BCUT2D eigenvalue weighted by Crippen LogP contribution is -2.37. The van der Waals surface area contributed by atoms with Crippen molar-refractivity contribution in [3.05, 3.63) is 17.6 Å². The number of aromatic nitrogens is 2. The van der Waals surface area contributed by atoms with Crippen LogP contribution in [0.25, 0.3) is 0 Å². The molecule has 2 rings (SSSR count). The van der Waals surface area contributed by atoms with Crippen molar-refractivity contribution in [2.45, 2.75) is 26.8 Å². The molecule has 1 aliphatic heterocycles. The Labute approximate surface area is 113 Å². The van der Waals surface area contributed by atoms with E-state index in [1.807, 2.05) is 19.9 Å². The molecule has 6 heteroatoms. The predicted octanol–water partition coefficient (Wildman–Crippen LogP) is 0.648. The van der Waals surface area contributed by atoms with Crippen molar-refractivity contribution in [1.82, 2.24) is 15.3 Å². The molecule has 0 aliphatic carbocycles. The summed E-state index contributed by atoms with van der Waals surface area (Å²) in [5.74, 6) is 1.58. The first kappa shape index (κ1) is 13.7. The number of amides is 1. The fraction of sp³-hybridized carbons (Fsp3) is 0.615. The summed E-state index contributed by atoms with van der Waals surface area (Å²) in [5, 5.41) is 2.80. The Morgan fingerprint density at radius 2 is 2.16 bits per heavy atom. The summed E-state index contributed by atoms with van der Waals surface area (Å²) in [6, 6.07) is 1.97. The molecule has 19 heavy (non-hydrogen) atoms. The number of hydrogen-bond donors (Lipinski definition) is 1. The molecular formula is C13H20N4O2. The summed E-state index contributed by atoms with van der Waals surface area (Å²) in [7, 11) is 0. The average molecular weight is 264 g/mol. The van der Waals surface area contributed by atoms with Gasteiger partial charge in [-0.05, 0) is 6.92 Å². The summed E-state index contributed by atoms with van der Waals surface area (Å²) < 4.78 is 5.33. The van der Waals surface area contributed by atoms with Gasteiger partial charge in [0.25, 0.3) is 0 Å². The van der Waals surface area contributed by atoms with E-state index in [4.69, 9.17) is 4.74 Å². The van der Waals surface area contributed by atoms with E-state index < -0.39 is 0 Å². The fourth-order valence-corrected chi connectivity index (χ4v) is 1.95. The molecule has 1 fully saturated rings. The van der Waals surface area contributed by atoms with Gasteiger partial charge in [0.15, 0.2) is 0 Å². The van der Waals surface area contributed by atoms with Crippen molar-refractivity contribution < 1.29 is 9.53 Å². The zero-order chi connectivity index (χ0) is 13.7. The van der Waals surface area contributed by atoms with Crippen molar-refractivity contribution in [3.8, 4) is 0 Å². The number of morpholine rings is 1. The molecule has 2 heterocycles. The van der Waals surface area contributed by atoms with Crippen LogP contribution in [0.2, 0.25) is 0 Å². The van der Waals surface area contributed by atoms with Crippen molar-refractivity contribution in [1.29, 1.82) is 0 Å². The maximum Gasteiger partial charge on any atom is 0.220 e. The highest BCUT2D eigenvalue weighted by Crippen LogP contribution is 2.14. The standard InChI is InChI=1S/C13H20N4O2/c1-3-13(18)14-9-11-15-10(2)8-12(16-11)17-4-6-19-7-5-17/h8H,3-7,9H2,1-2H3,(H,14,18). The third kappa shape index (κ3) is 3.89. The SMILES string of the molecule is CCC(=O)NCc1nc(C)cc(N2CCOCC2)n1. The smallest absolute Gasteiger partial charge is 0.220 e. The van der Waals surface area contributed by atoms with Crippen molar-refractivity contribution >= 4 is 11.7 Å². The number of hydrogen-bond acceptors (Lipinski definition) is 5. The Hall–Kier alpha value is -1.69. The highest BCUT2D eigenvalue weighted by atomic mass is 16.5. The number of aryl methyl sites for hydroxylation is 1. The average Bonchev–Trinajstić information content (AvgIpc) is 2.45. The maximum absolute atomic E-state index is 11.3. The molecule has 6 nitrogen and oxygen atoms in total. The first-order valence-electron chi connectivity index (χ1n) is 6.63. The van der Waals surface area contributed by atoms with E-state index in [0.29, 0.717) is 18.8 Å². The first-order chi connectivity index (χ1) is 9.19. The van der Waals surface area contributed by atoms with E-state index in [0.717, 1.165) is 37.8 Å². The number of nitrogens with one attached hydrogen (secondary N) is 1. The molecule has 0 spiro atoms. The van der Waals surface area contributed by atoms with E-state index in [9.17, 15) is 4.79 Å². The van der Waals surface area contributed by atoms with Crippen LogP contribution in [-0.4, -0.2) is 42.2 Å². The predicted molar refractivity (Wildman–Crippen MR) is 71.9 cm³/mol. The molecule has 1 amide bonds. The van der Waals surface area contributed by atoms with Gasteiger partial charge in [0.2, 0.25) is 5.91 Å². The topological polar surface area (TPSA) is 67.4 Å². The Morgan fingerprint density at radius 1 is 1.42 bits per heavy atom. The molecule has 0 unspecified atom stereocenters. The minimum absolute atomic E-state index is 0.0121. The Morgan fingerprint density at radius 3 is 2.84 bits per heavy atom. The van der Waals surface area contributed by atoms with Crippen molar-refractivity contribution in [2.75, 3.05) is 31.2 Å². The molecule has 0 radical (unpaired) electrons. The quantitative estimate of drug-likeness (QED) is 0.864. The summed E-state index contributed by atoms with van der Waals surface area (Å²) in [5.41, 5.74) is 0.914. The molecule has 0 bridgehead atoms. The highest BCUT2D eigenvalue weighted by Gasteiger charge is 2.14. The number of carbonyl (C=O) groups excluding carboxylic acids is 1. The Balaban J connectivity index is 2.07. The third-order valence-electron chi connectivity index (χ3n) is 2.99. The summed E-state index contributed by atoms with van der Waals surface area (Å²) >= 11 is 0. The normalized spacial score (nSPS) is 15.4. The number of ether oxygens (including phenoxy) is 1. The fourth-order valence-electron chi connectivity index (χ4n) is 1.95. The highest BCUT2D eigenvalue weighted by molar-refractivity contribution is 5.75. The Kier molecular flexibility index (Phi) is 4.68. The van der Waals surface area contributed by atoms with E-state index in [1.54, 1.807) is 0 Å². The maximum atomic E-state index is 11.3. The minimum atomic E-state index is 0.0121. The van der Waals surface area contributed by atoms with Crippen LogP contribution in [-0.2, 0) is 16.1 Å². The van der Waals surface area contributed by atoms with Gasteiger partial charge < -0.3 is 15.0 Å². The van der Waals surface area contributed by atoms with Gasteiger partial charge in [0.05, 0.1) is 19.8 Å². The van der Waals surface area contributed by atoms with Gasteiger partial charge in [-0.15, -0.1) is 0 Å². The largest absolute Gasteiger partial charge is 0.378 e. The monoisotopic (exact) mass is 264 g/mol. The molecule has 0 atom stereocenters. The molecule has 1 saturated heterocycles. The van der Waals surface area contributed by atoms with Gasteiger partial charge in [-0.1, -0.05) is 6.92 Å². The van der Waals surface area contributed by atoms with Gasteiger partial charge in [-0.2, -0.15) is 0 Å². The molecule has 104 valence electrons. The molecule has 1 aliphatic rings. The van der Waals surface area contributed by atoms with Crippen LogP contribution in [0, 0.1) is 6.92 Å². The number of carbonyl (C=O) groups is 1. The molecule has 1 aromatic heterocycles. The van der Waals surface area contributed by atoms with Crippen LogP contribution in [0.3, 0.4) is 0 Å². The van der Waals surface area contributed by atoms with Crippen LogP contribution in [0.5, 0.6) is 0 Å². The lowest BCUT2D eigenvalue weighted by molar-refractivity contribution is -0.120. The van der Waals surface area contributed by atoms with E-state index >= 15 is 0 Å². The van der Waals surface area contributed by atoms with Gasteiger partial charge in [0, 0.05) is 31.3 Å². The minimum Gasteiger partial charge on any atom is -0.378 e. The van der Waals surface area contributed by atoms with Crippen molar-refractivity contribution in [2.24, 2.45) is 0 Å². The molecule has 0 aromatic carbocycles. The molecule has 1 aromatic rings. The molecular weight excluding hydrogens is 244 g/mol. The third-order valence-corrected chi connectivity index (χ3v) is 2.99. The molecule has 0 saturated carbocycles. The number of anilines is 1. The van der Waals surface area contributed by atoms with Gasteiger partial charge in [-0.25, -0.2) is 9.97 Å². The molecule has 1 N–H and O–H groups in total. The first-order valence-corrected chi connectivity index (χ1v) is 6.63. The van der Waals surface area contributed by atoms with Gasteiger partial charge >= 0.3 is 0 Å². The van der Waals surface area contributed by atoms with Crippen molar-refractivity contribution in [3.63, 3.8) is 0 Å². The van der Waals surface area contributed by atoms with Crippen LogP contribution in [0.1, 0.15) is 24.9 Å². The van der Waals surface area contributed by atoms with Crippen LogP contribution < -0.4 is 10.2 Å². The van der Waals surface area contributed by atoms with Gasteiger partial charge in [0.1, 0.15) is 11.6 Å².